The minimum absolute atomic E-state index is 0.0207. The molecule has 0 spiro atoms. The first-order valence-corrected chi connectivity index (χ1v) is 8.09. The standard InChI is InChI=1S/C19H17F5O3/c1-2-27-18(26)14(17(25)12-5-8-15(20)16(21)10-12)9-11-3-6-13(7-4-11)19(22,23)24/h3-8,10,14,17,25H,2,9H2,1H3. The zero-order chi connectivity index (χ0) is 20.2. The summed E-state index contributed by atoms with van der Waals surface area (Å²) in [5.41, 5.74) is -0.540. The van der Waals surface area contributed by atoms with Gasteiger partial charge in [0.25, 0.3) is 0 Å². The van der Waals surface area contributed by atoms with Crippen LogP contribution in [0.2, 0.25) is 0 Å². The molecule has 0 aliphatic rings. The summed E-state index contributed by atoms with van der Waals surface area (Å²) in [4.78, 5) is 12.2. The van der Waals surface area contributed by atoms with E-state index in [-0.39, 0.29) is 18.6 Å². The van der Waals surface area contributed by atoms with Crippen LogP contribution in [-0.2, 0) is 22.1 Å². The first-order valence-electron chi connectivity index (χ1n) is 8.09. The second-order valence-corrected chi connectivity index (χ2v) is 5.88. The van der Waals surface area contributed by atoms with E-state index in [0.29, 0.717) is 5.56 Å². The number of aliphatic hydroxyl groups excluding tert-OH is 1. The number of hydrogen-bond donors (Lipinski definition) is 1. The van der Waals surface area contributed by atoms with Crippen LogP contribution >= 0.6 is 0 Å². The number of carbonyl (C=O) groups is 1. The zero-order valence-electron chi connectivity index (χ0n) is 14.3. The first-order chi connectivity index (χ1) is 12.6. The second-order valence-electron chi connectivity index (χ2n) is 5.88. The van der Waals surface area contributed by atoms with Crippen molar-refractivity contribution in [3.8, 4) is 0 Å². The smallest absolute Gasteiger partial charge is 0.416 e. The van der Waals surface area contributed by atoms with Crippen LogP contribution in [0.1, 0.15) is 29.7 Å². The van der Waals surface area contributed by atoms with E-state index in [1.165, 1.54) is 12.1 Å². The minimum atomic E-state index is -4.50. The van der Waals surface area contributed by atoms with Gasteiger partial charge < -0.3 is 9.84 Å². The van der Waals surface area contributed by atoms with Gasteiger partial charge in [0.05, 0.1) is 24.2 Å². The molecule has 1 N–H and O–H groups in total. The predicted octanol–water partition coefficient (Wildman–Crippen LogP) is 4.44. The molecule has 27 heavy (non-hydrogen) atoms. The summed E-state index contributed by atoms with van der Waals surface area (Å²) in [5, 5.41) is 10.5. The molecule has 0 saturated carbocycles. The van der Waals surface area contributed by atoms with Gasteiger partial charge in [0.1, 0.15) is 0 Å². The fourth-order valence-electron chi connectivity index (χ4n) is 2.59. The van der Waals surface area contributed by atoms with Gasteiger partial charge in [-0.3, -0.25) is 4.79 Å². The summed E-state index contributed by atoms with van der Waals surface area (Å²) < 4.78 is 69.4. The molecule has 2 rings (SSSR count). The second kappa shape index (κ2) is 8.47. The van der Waals surface area contributed by atoms with Gasteiger partial charge in [-0.2, -0.15) is 13.2 Å². The van der Waals surface area contributed by atoms with Crippen LogP contribution in [0.3, 0.4) is 0 Å². The van der Waals surface area contributed by atoms with Gasteiger partial charge in [0.2, 0.25) is 0 Å². The van der Waals surface area contributed by atoms with Gasteiger partial charge in [-0.15, -0.1) is 0 Å². The van der Waals surface area contributed by atoms with Crippen LogP contribution < -0.4 is 0 Å². The topological polar surface area (TPSA) is 46.5 Å². The molecule has 146 valence electrons. The molecule has 2 atom stereocenters. The third-order valence-electron chi connectivity index (χ3n) is 3.99. The highest BCUT2D eigenvalue weighted by molar-refractivity contribution is 5.74. The molecule has 0 aromatic heterocycles. The van der Waals surface area contributed by atoms with E-state index in [1.54, 1.807) is 6.92 Å². The number of esters is 1. The van der Waals surface area contributed by atoms with Gasteiger partial charge in [-0.25, -0.2) is 8.78 Å². The Balaban J connectivity index is 2.28. The van der Waals surface area contributed by atoms with Gasteiger partial charge >= 0.3 is 12.1 Å². The number of carbonyl (C=O) groups excluding carboxylic acids is 1. The maximum Gasteiger partial charge on any atom is 0.416 e. The maximum absolute atomic E-state index is 13.4. The van der Waals surface area contributed by atoms with Gasteiger partial charge in [-0.05, 0) is 48.7 Å². The zero-order valence-corrected chi connectivity index (χ0v) is 14.3. The van der Waals surface area contributed by atoms with Crippen molar-refractivity contribution in [1.82, 2.24) is 0 Å². The van der Waals surface area contributed by atoms with Crippen molar-refractivity contribution in [2.24, 2.45) is 5.92 Å². The van der Waals surface area contributed by atoms with Crippen LogP contribution in [0.25, 0.3) is 0 Å². The van der Waals surface area contributed by atoms with Crippen molar-refractivity contribution in [3.05, 3.63) is 70.8 Å². The van der Waals surface area contributed by atoms with Crippen molar-refractivity contribution in [1.29, 1.82) is 0 Å². The molecule has 0 amide bonds. The average molecular weight is 388 g/mol. The Labute approximate surface area is 152 Å². The molecule has 0 aliphatic carbocycles. The molecule has 2 aromatic rings. The highest BCUT2D eigenvalue weighted by Crippen LogP contribution is 2.31. The maximum atomic E-state index is 13.4. The molecule has 8 heteroatoms. The number of halogens is 5. The number of benzene rings is 2. The van der Waals surface area contributed by atoms with Crippen molar-refractivity contribution >= 4 is 5.97 Å². The summed E-state index contributed by atoms with van der Waals surface area (Å²) >= 11 is 0. The van der Waals surface area contributed by atoms with Crippen LogP contribution in [0.15, 0.2) is 42.5 Å². The molecule has 0 bridgehead atoms. The third-order valence-corrected chi connectivity index (χ3v) is 3.99. The SMILES string of the molecule is CCOC(=O)C(Cc1ccc(C(F)(F)F)cc1)C(O)c1ccc(F)c(F)c1. The van der Waals surface area contributed by atoms with E-state index in [0.717, 1.165) is 30.3 Å². The Bertz CT molecular complexity index is 787. The Morgan fingerprint density at radius 2 is 1.70 bits per heavy atom. The average Bonchev–Trinajstić information content (AvgIpc) is 2.61. The van der Waals surface area contributed by atoms with Crippen molar-refractivity contribution in [3.63, 3.8) is 0 Å². The first kappa shape index (κ1) is 20.8. The molecule has 2 aromatic carbocycles. The predicted molar refractivity (Wildman–Crippen MR) is 86.6 cm³/mol. The van der Waals surface area contributed by atoms with Crippen LogP contribution in [0.5, 0.6) is 0 Å². The molecule has 3 nitrogen and oxygen atoms in total. The number of hydrogen-bond acceptors (Lipinski definition) is 3. The van der Waals surface area contributed by atoms with E-state index in [4.69, 9.17) is 4.74 Å². The summed E-state index contributed by atoms with van der Waals surface area (Å²) in [6, 6.07) is 6.80. The van der Waals surface area contributed by atoms with E-state index in [1.807, 2.05) is 0 Å². The monoisotopic (exact) mass is 388 g/mol. The Morgan fingerprint density at radius 3 is 2.22 bits per heavy atom. The number of rotatable bonds is 6. The number of alkyl halides is 3. The number of ether oxygens (including phenoxy) is 1. The Hall–Kier alpha value is -2.48. The molecule has 0 aliphatic heterocycles. The quantitative estimate of drug-likeness (QED) is 0.588. The lowest BCUT2D eigenvalue weighted by Gasteiger charge is -2.22. The molecular formula is C19H17F5O3. The minimum Gasteiger partial charge on any atom is -0.466 e. The van der Waals surface area contributed by atoms with Crippen molar-refractivity contribution in [2.75, 3.05) is 6.61 Å². The third kappa shape index (κ3) is 5.26. The lowest BCUT2D eigenvalue weighted by molar-refractivity contribution is -0.152. The largest absolute Gasteiger partial charge is 0.466 e. The fourth-order valence-corrected chi connectivity index (χ4v) is 2.59. The fraction of sp³-hybridized carbons (Fsp3) is 0.316. The Morgan fingerprint density at radius 1 is 1.07 bits per heavy atom. The van der Waals surface area contributed by atoms with E-state index < -0.39 is 41.4 Å². The molecule has 0 saturated heterocycles. The van der Waals surface area contributed by atoms with Crippen LogP contribution in [0, 0.1) is 17.6 Å². The van der Waals surface area contributed by atoms with Gasteiger partial charge in [-0.1, -0.05) is 18.2 Å². The van der Waals surface area contributed by atoms with Gasteiger partial charge in [0.15, 0.2) is 11.6 Å². The lowest BCUT2D eigenvalue weighted by atomic mass is 9.89. The van der Waals surface area contributed by atoms with Gasteiger partial charge in [0, 0.05) is 0 Å². The molecule has 0 heterocycles. The highest BCUT2D eigenvalue weighted by Gasteiger charge is 2.32. The van der Waals surface area contributed by atoms with E-state index in [9.17, 15) is 31.9 Å². The van der Waals surface area contributed by atoms with Crippen LogP contribution in [-0.4, -0.2) is 17.7 Å². The molecule has 2 unspecified atom stereocenters. The molecule has 0 fully saturated rings. The summed E-state index contributed by atoms with van der Waals surface area (Å²) in [7, 11) is 0. The van der Waals surface area contributed by atoms with Crippen molar-refractivity contribution < 1.29 is 36.6 Å². The summed E-state index contributed by atoms with van der Waals surface area (Å²) in [6.45, 7) is 1.57. The molecular weight excluding hydrogens is 371 g/mol. The highest BCUT2D eigenvalue weighted by atomic mass is 19.4. The summed E-state index contributed by atoms with van der Waals surface area (Å²) in [5.74, 6) is -4.30. The molecule has 0 radical (unpaired) electrons. The van der Waals surface area contributed by atoms with E-state index >= 15 is 0 Å². The number of aliphatic hydroxyl groups is 1. The van der Waals surface area contributed by atoms with Crippen LogP contribution in [0.4, 0.5) is 22.0 Å². The lowest BCUT2D eigenvalue weighted by Crippen LogP contribution is -2.27. The Kier molecular flexibility index (Phi) is 6.54. The van der Waals surface area contributed by atoms with Crippen molar-refractivity contribution in [2.45, 2.75) is 25.6 Å². The van der Waals surface area contributed by atoms with E-state index in [2.05, 4.69) is 0 Å². The normalized spacial score (nSPS) is 13.9. The summed E-state index contributed by atoms with van der Waals surface area (Å²) in [6.07, 6.45) is -6.16.